The zero-order chi connectivity index (χ0) is 19.4. The first-order valence-electron chi connectivity index (χ1n) is 8.73. The molecule has 0 fully saturated rings. The Kier molecular flexibility index (Phi) is 6.03. The summed E-state index contributed by atoms with van der Waals surface area (Å²) >= 11 is 1.52. The number of benzene rings is 2. The Hall–Kier alpha value is -2.51. The highest BCUT2D eigenvalue weighted by Crippen LogP contribution is 2.45. The van der Waals surface area contributed by atoms with E-state index in [1.807, 2.05) is 73.6 Å². The molecule has 0 aromatic heterocycles. The van der Waals surface area contributed by atoms with Crippen molar-refractivity contribution in [2.24, 2.45) is 0 Å². The van der Waals surface area contributed by atoms with Gasteiger partial charge in [0.25, 0.3) is 5.91 Å². The van der Waals surface area contributed by atoms with Gasteiger partial charge in [-0.1, -0.05) is 42.5 Å². The molecule has 0 radical (unpaired) electrons. The molecule has 0 bridgehead atoms. The van der Waals surface area contributed by atoms with Crippen LogP contribution < -0.4 is 10.2 Å². The van der Waals surface area contributed by atoms with E-state index in [0.29, 0.717) is 13.1 Å². The summed E-state index contributed by atoms with van der Waals surface area (Å²) in [5.74, 6) is -0.231. The maximum Gasteiger partial charge on any atom is 0.405 e. The van der Waals surface area contributed by atoms with Crippen LogP contribution in [0, 0.1) is 0 Å². The van der Waals surface area contributed by atoms with Crippen LogP contribution in [0.2, 0.25) is 0 Å². The molecule has 6 nitrogen and oxygen atoms in total. The number of nitrogens with zero attached hydrogens (tertiary/aromatic N) is 2. The van der Waals surface area contributed by atoms with Crippen molar-refractivity contribution in [3.8, 4) is 0 Å². The van der Waals surface area contributed by atoms with Crippen LogP contribution in [-0.4, -0.2) is 55.2 Å². The largest absolute Gasteiger partial charge is 0.465 e. The second-order valence-electron chi connectivity index (χ2n) is 6.64. The summed E-state index contributed by atoms with van der Waals surface area (Å²) in [6.07, 6.45) is -1.20. The zero-order valence-electron chi connectivity index (χ0n) is 15.3. The third-order valence-corrected chi connectivity index (χ3v) is 5.82. The second kappa shape index (κ2) is 8.45. The number of carbonyl (C=O) groups is 2. The predicted molar refractivity (Wildman–Crippen MR) is 107 cm³/mol. The van der Waals surface area contributed by atoms with Gasteiger partial charge >= 0.3 is 6.09 Å². The van der Waals surface area contributed by atoms with E-state index < -0.39 is 12.1 Å². The molecular weight excluding hydrogens is 362 g/mol. The Morgan fingerprint density at radius 1 is 1.15 bits per heavy atom. The fourth-order valence-corrected chi connectivity index (χ4v) is 4.45. The minimum atomic E-state index is -1.20. The summed E-state index contributed by atoms with van der Waals surface area (Å²) in [5, 5.41) is 11.5. The molecule has 2 aromatic carbocycles. The van der Waals surface area contributed by atoms with Crippen LogP contribution in [-0.2, 0) is 4.79 Å². The zero-order valence-corrected chi connectivity index (χ0v) is 16.1. The van der Waals surface area contributed by atoms with Crippen LogP contribution >= 0.6 is 11.8 Å². The molecule has 142 valence electrons. The van der Waals surface area contributed by atoms with Gasteiger partial charge in [0, 0.05) is 18.0 Å². The quantitative estimate of drug-likeness (QED) is 0.828. The van der Waals surface area contributed by atoms with E-state index >= 15 is 0 Å². The van der Waals surface area contributed by atoms with Gasteiger partial charge in [0.15, 0.2) is 0 Å². The van der Waals surface area contributed by atoms with E-state index in [1.165, 1.54) is 11.8 Å². The number of para-hydroxylation sites is 1. The number of fused-ring (bicyclic) bond motifs is 1. The number of thioether (sulfide) groups is 1. The van der Waals surface area contributed by atoms with Crippen LogP contribution in [0.1, 0.15) is 10.8 Å². The Labute approximate surface area is 163 Å². The molecule has 2 atom stereocenters. The normalized spacial score (nSPS) is 19.5. The van der Waals surface area contributed by atoms with Crippen molar-refractivity contribution in [3.05, 3.63) is 60.2 Å². The Morgan fingerprint density at radius 3 is 2.48 bits per heavy atom. The second-order valence-corrected chi connectivity index (χ2v) is 7.82. The molecule has 2 amide bonds. The Bertz CT molecular complexity index is 813. The van der Waals surface area contributed by atoms with Gasteiger partial charge in [-0.2, -0.15) is 0 Å². The number of carboxylic acid groups (broad SMARTS) is 1. The minimum absolute atomic E-state index is 0.231. The Balaban J connectivity index is 2.06. The van der Waals surface area contributed by atoms with Crippen molar-refractivity contribution in [3.63, 3.8) is 0 Å². The fourth-order valence-electron chi connectivity index (χ4n) is 3.11. The molecule has 0 saturated carbocycles. The number of likely N-dealkylation sites (N-methyl/N-ethyl adjacent to an activating group) is 1. The van der Waals surface area contributed by atoms with E-state index in [0.717, 1.165) is 16.1 Å². The van der Waals surface area contributed by atoms with E-state index in [4.69, 9.17) is 0 Å². The minimum Gasteiger partial charge on any atom is -0.465 e. The van der Waals surface area contributed by atoms with Crippen molar-refractivity contribution in [2.75, 3.05) is 32.1 Å². The molecule has 0 spiro atoms. The number of nitrogens with one attached hydrogen (secondary N) is 1. The van der Waals surface area contributed by atoms with Gasteiger partial charge in [-0.05, 0) is 31.8 Å². The van der Waals surface area contributed by atoms with Crippen molar-refractivity contribution in [2.45, 2.75) is 16.2 Å². The summed E-state index contributed by atoms with van der Waals surface area (Å²) in [6, 6.07) is 16.4. The maximum atomic E-state index is 13.4. The fraction of sp³-hybridized carbons (Fsp3) is 0.300. The molecule has 27 heavy (non-hydrogen) atoms. The number of amides is 2. The first kappa shape index (κ1) is 19.3. The van der Waals surface area contributed by atoms with Crippen molar-refractivity contribution in [1.82, 2.24) is 10.2 Å². The number of hydrogen-bond acceptors (Lipinski definition) is 4. The van der Waals surface area contributed by atoms with Gasteiger partial charge in [-0.15, -0.1) is 11.8 Å². The third kappa shape index (κ3) is 4.43. The summed E-state index contributed by atoms with van der Waals surface area (Å²) < 4.78 is 0. The van der Waals surface area contributed by atoms with Crippen molar-refractivity contribution < 1.29 is 14.7 Å². The lowest BCUT2D eigenvalue weighted by Gasteiger charge is -2.28. The summed E-state index contributed by atoms with van der Waals surface area (Å²) in [4.78, 5) is 29.5. The molecule has 0 unspecified atom stereocenters. The summed E-state index contributed by atoms with van der Waals surface area (Å²) in [5.41, 5.74) is 1.74. The lowest BCUT2D eigenvalue weighted by atomic mass is 10.0. The lowest BCUT2D eigenvalue weighted by Crippen LogP contribution is -2.51. The van der Waals surface area contributed by atoms with Crippen LogP contribution in [0.3, 0.4) is 0 Å². The molecule has 0 saturated heterocycles. The Morgan fingerprint density at radius 2 is 1.81 bits per heavy atom. The van der Waals surface area contributed by atoms with Gasteiger partial charge in [0.2, 0.25) is 0 Å². The summed E-state index contributed by atoms with van der Waals surface area (Å²) in [7, 11) is 3.89. The van der Waals surface area contributed by atoms with Crippen molar-refractivity contribution in [1.29, 1.82) is 0 Å². The molecule has 0 aliphatic carbocycles. The third-order valence-electron chi connectivity index (χ3n) is 4.42. The first-order chi connectivity index (χ1) is 13.0. The van der Waals surface area contributed by atoms with Crippen molar-refractivity contribution >= 4 is 29.4 Å². The monoisotopic (exact) mass is 385 g/mol. The topological polar surface area (TPSA) is 72.9 Å². The molecule has 1 heterocycles. The standard InChI is InChI=1S/C20H23N3O3S/c1-22(2)12-13-23-15-10-6-7-11-16(15)27-18(14-8-4-3-5-9-14)17(19(23)24)21-20(25)26/h3-11,17-18,21H,12-13H2,1-2H3,(H,25,26)/t17-,18+/m0/s1. The number of hydrogen-bond donors (Lipinski definition) is 2. The lowest BCUT2D eigenvalue weighted by molar-refractivity contribution is -0.120. The molecular formula is C20H23N3O3S. The maximum absolute atomic E-state index is 13.4. The van der Waals surface area contributed by atoms with Gasteiger partial charge in [0.05, 0.1) is 10.9 Å². The van der Waals surface area contributed by atoms with Crippen LogP contribution in [0.4, 0.5) is 10.5 Å². The van der Waals surface area contributed by atoms with Crippen LogP contribution in [0.15, 0.2) is 59.5 Å². The first-order valence-corrected chi connectivity index (χ1v) is 9.61. The highest BCUT2D eigenvalue weighted by atomic mass is 32.2. The van der Waals surface area contributed by atoms with Crippen LogP contribution in [0.5, 0.6) is 0 Å². The molecule has 3 rings (SSSR count). The van der Waals surface area contributed by atoms with Gasteiger partial charge < -0.3 is 20.2 Å². The average molecular weight is 385 g/mol. The molecule has 7 heteroatoms. The summed E-state index contributed by atoms with van der Waals surface area (Å²) in [6.45, 7) is 1.17. The van der Waals surface area contributed by atoms with E-state index in [-0.39, 0.29) is 11.2 Å². The molecule has 1 aliphatic rings. The van der Waals surface area contributed by atoms with Crippen LogP contribution in [0.25, 0.3) is 0 Å². The number of anilines is 1. The number of rotatable bonds is 5. The van der Waals surface area contributed by atoms with E-state index in [9.17, 15) is 14.7 Å². The van der Waals surface area contributed by atoms with Gasteiger partial charge in [0.1, 0.15) is 6.04 Å². The SMILES string of the molecule is CN(C)CCN1C(=O)[C@@H](NC(=O)O)[C@@H](c2ccccc2)Sc2ccccc21. The predicted octanol–water partition coefficient (Wildman–Crippen LogP) is 3.06. The van der Waals surface area contributed by atoms with Gasteiger partial charge in [-0.25, -0.2) is 4.79 Å². The average Bonchev–Trinajstić information content (AvgIpc) is 2.76. The highest BCUT2D eigenvalue weighted by Gasteiger charge is 2.39. The molecule has 2 aromatic rings. The molecule has 2 N–H and O–H groups in total. The smallest absolute Gasteiger partial charge is 0.405 e. The van der Waals surface area contributed by atoms with E-state index in [2.05, 4.69) is 5.32 Å². The number of carbonyl (C=O) groups excluding carboxylic acids is 1. The van der Waals surface area contributed by atoms with E-state index in [1.54, 1.807) is 4.90 Å². The molecule has 1 aliphatic heterocycles. The van der Waals surface area contributed by atoms with Gasteiger partial charge in [-0.3, -0.25) is 4.79 Å². The highest BCUT2D eigenvalue weighted by molar-refractivity contribution is 7.99.